The number of halogens is 1. The Hall–Kier alpha value is -1.58. The number of ether oxygens (including phenoxy) is 1. The summed E-state index contributed by atoms with van der Waals surface area (Å²) in [6, 6.07) is 4.14. The first-order chi connectivity index (χ1) is 9.58. The number of hydrogen-bond donors (Lipinski definition) is 1. The first-order valence-electron chi connectivity index (χ1n) is 7.22. The Morgan fingerprint density at radius 1 is 1.35 bits per heavy atom. The smallest absolute Gasteiger partial charge is 0.223 e. The van der Waals surface area contributed by atoms with Gasteiger partial charge in [-0.3, -0.25) is 4.79 Å². The van der Waals surface area contributed by atoms with Crippen molar-refractivity contribution in [3.8, 4) is 5.75 Å². The second-order valence-corrected chi connectivity index (χ2v) is 6.04. The van der Waals surface area contributed by atoms with E-state index in [4.69, 9.17) is 4.74 Å². The zero-order valence-corrected chi connectivity index (χ0v) is 11.9. The minimum Gasteiger partial charge on any atom is -0.496 e. The molecule has 0 aromatic heterocycles. The zero-order chi connectivity index (χ0) is 14.3. The molecule has 20 heavy (non-hydrogen) atoms. The molecule has 4 heteroatoms. The van der Waals surface area contributed by atoms with Crippen LogP contribution in [0.2, 0.25) is 0 Å². The van der Waals surface area contributed by atoms with Gasteiger partial charge in [-0.2, -0.15) is 0 Å². The van der Waals surface area contributed by atoms with Gasteiger partial charge in [0.2, 0.25) is 5.91 Å². The van der Waals surface area contributed by atoms with E-state index in [9.17, 15) is 9.18 Å². The number of benzene rings is 1. The normalized spacial score (nSPS) is 28.6. The predicted octanol–water partition coefficient (Wildman–Crippen LogP) is 3.06. The van der Waals surface area contributed by atoms with Crippen LogP contribution >= 0.6 is 0 Å². The number of amides is 1. The van der Waals surface area contributed by atoms with Crippen molar-refractivity contribution in [3.05, 3.63) is 29.6 Å². The average molecular weight is 277 g/mol. The van der Waals surface area contributed by atoms with Crippen LogP contribution in [0, 0.1) is 23.6 Å². The van der Waals surface area contributed by atoms with Gasteiger partial charge in [-0.15, -0.1) is 0 Å². The number of hydrogen-bond acceptors (Lipinski definition) is 2. The van der Waals surface area contributed by atoms with Gasteiger partial charge >= 0.3 is 0 Å². The molecule has 0 aliphatic heterocycles. The number of fused-ring (bicyclic) bond motifs is 1. The van der Waals surface area contributed by atoms with Crippen LogP contribution in [0.1, 0.15) is 37.8 Å². The van der Waals surface area contributed by atoms with Crippen molar-refractivity contribution in [2.45, 2.75) is 32.2 Å². The molecular formula is C16H20FNO2. The van der Waals surface area contributed by atoms with Gasteiger partial charge in [-0.25, -0.2) is 4.39 Å². The Labute approximate surface area is 118 Å². The number of methoxy groups -OCH3 is 1. The lowest BCUT2D eigenvalue weighted by Crippen LogP contribution is -2.32. The summed E-state index contributed by atoms with van der Waals surface area (Å²) < 4.78 is 18.6. The molecule has 1 amide bonds. The van der Waals surface area contributed by atoms with Crippen LogP contribution in [0.3, 0.4) is 0 Å². The molecule has 0 bridgehead atoms. The summed E-state index contributed by atoms with van der Waals surface area (Å²) >= 11 is 0. The minimum atomic E-state index is -0.316. The lowest BCUT2D eigenvalue weighted by Gasteiger charge is -2.20. The van der Waals surface area contributed by atoms with Crippen molar-refractivity contribution < 1.29 is 13.9 Å². The fourth-order valence-electron chi connectivity index (χ4n) is 3.38. The molecule has 3 unspecified atom stereocenters. The molecule has 2 aliphatic rings. The highest BCUT2D eigenvalue weighted by Gasteiger charge is 2.48. The molecule has 3 rings (SSSR count). The third kappa shape index (κ3) is 2.51. The molecule has 2 fully saturated rings. The van der Waals surface area contributed by atoms with Gasteiger partial charge in [0, 0.05) is 11.5 Å². The highest BCUT2D eigenvalue weighted by atomic mass is 19.1. The van der Waals surface area contributed by atoms with Crippen LogP contribution < -0.4 is 10.1 Å². The minimum absolute atomic E-state index is 0.0935. The van der Waals surface area contributed by atoms with Gasteiger partial charge in [-0.1, -0.05) is 0 Å². The predicted molar refractivity (Wildman–Crippen MR) is 73.8 cm³/mol. The molecule has 0 heterocycles. The summed E-state index contributed by atoms with van der Waals surface area (Å²) in [5.41, 5.74) is 0.684. The van der Waals surface area contributed by atoms with E-state index in [2.05, 4.69) is 5.32 Å². The largest absolute Gasteiger partial charge is 0.496 e. The fourth-order valence-corrected chi connectivity index (χ4v) is 3.38. The maximum atomic E-state index is 13.4. The second-order valence-electron chi connectivity index (χ2n) is 6.04. The molecule has 3 nitrogen and oxygen atoms in total. The highest BCUT2D eigenvalue weighted by Crippen LogP contribution is 2.54. The third-order valence-electron chi connectivity index (χ3n) is 4.63. The molecule has 1 N–H and O–H groups in total. The average Bonchev–Trinajstić information content (AvgIpc) is 3.05. The van der Waals surface area contributed by atoms with Crippen molar-refractivity contribution >= 4 is 5.91 Å². The molecule has 108 valence electrons. The van der Waals surface area contributed by atoms with Crippen molar-refractivity contribution in [2.24, 2.45) is 17.8 Å². The molecule has 0 radical (unpaired) electrons. The van der Waals surface area contributed by atoms with Crippen LogP contribution in [0.4, 0.5) is 4.39 Å². The van der Waals surface area contributed by atoms with Crippen molar-refractivity contribution in [1.29, 1.82) is 0 Å². The first kappa shape index (κ1) is 13.4. The van der Waals surface area contributed by atoms with Crippen molar-refractivity contribution in [2.75, 3.05) is 7.11 Å². The van der Waals surface area contributed by atoms with Crippen LogP contribution in [-0.2, 0) is 4.79 Å². The van der Waals surface area contributed by atoms with Crippen LogP contribution in [0.5, 0.6) is 5.75 Å². The van der Waals surface area contributed by atoms with Gasteiger partial charge in [0.15, 0.2) is 0 Å². The van der Waals surface area contributed by atoms with Gasteiger partial charge in [-0.05, 0) is 56.2 Å². The lowest BCUT2D eigenvalue weighted by atomic mass is 10.0. The Balaban J connectivity index is 1.67. The highest BCUT2D eigenvalue weighted by molar-refractivity contribution is 5.79. The van der Waals surface area contributed by atoms with E-state index < -0.39 is 0 Å². The summed E-state index contributed by atoms with van der Waals surface area (Å²) in [6.07, 6.45) is 3.34. The van der Waals surface area contributed by atoms with Crippen LogP contribution in [-0.4, -0.2) is 13.0 Å². The Morgan fingerprint density at radius 2 is 2.05 bits per heavy atom. The van der Waals surface area contributed by atoms with Crippen LogP contribution in [0.15, 0.2) is 18.2 Å². The second kappa shape index (κ2) is 5.08. The standard InChI is InChI=1S/C16H20FNO2/c1-9(14-8-13(17)3-4-15(14)20-2)18-16(19)12-6-10-5-11(10)7-12/h3-4,8-12H,5-7H2,1-2H3,(H,18,19). The van der Waals surface area contributed by atoms with Crippen molar-refractivity contribution in [1.82, 2.24) is 5.32 Å². The molecule has 2 aliphatic carbocycles. The van der Waals surface area contributed by atoms with E-state index in [1.165, 1.54) is 18.6 Å². The molecule has 3 atom stereocenters. The zero-order valence-electron chi connectivity index (χ0n) is 11.9. The van der Waals surface area contributed by atoms with E-state index in [0.29, 0.717) is 11.3 Å². The van der Waals surface area contributed by atoms with Gasteiger partial charge in [0.05, 0.1) is 13.2 Å². The Bertz CT molecular complexity index is 521. The van der Waals surface area contributed by atoms with E-state index in [1.807, 2.05) is 6.92 Å². The monoisotopic (exact) mass is 277 g/mol. The van der Waals surface area contributed by atoms with E-state index >= 15 is 0 Å². The molecule has 0 spiro atoms. The van der Waals surface area contributed by atoms with Gasteiger partial charge in [0.1, 0.15) is 11.6 Å². The number of carbonyl (C=O) groups is 1. The summed E-state index contributed by atoms with van der Waals surface area (Å²) in [4.78, 5) is 12.2. The Kier molecular flexibility index (Phi) is 3.40. The fraction of sp³-hybridized carbons (Fsp3) is 0.562. The summed E-state index contributed by atoms with van der Waals surface area (Å²) in [7, 11) is 1.55. The van der Waals surface area contributed by atoms with E-state index in [1.54, 1.807) is 13.2 Å². The SMILES string of the molecule is COc1ccc(F)cc1C(C)NC(=O)C1CC2CC2C1. The maximum Gasteiger partial charge on any atom is 0.223 e. The number of carbonyl (C=O) groups excluding carboxylic acids is 1. The summed E-state index contributed by atoms with van der Waals surface area (Å²) in [5.74, 6) is 2.09. The van der Waals surface area contributed by atoms with E-state index in [-0.39, 0.29) is 23.7 Å². The number of nitrogens with one attached hydrogen (secondary N) is 1. The molecule has 2 saturated carbocycles. The third-order valence-corrected chi connectivity index (χ3v) is 4.63. The molecule has 1 aromatic rings. The first-order valence-corrected chi connectivity index (χ1v) is 7.22. The quantitative estimate of drug-likeness (QED) is 0.918. The molecular weight excluding hydrogens is 257 g/mol. The van der Waals surface area contributed by atoms with Gasteiger partial charge < -0.3 is 10.1 Å². The van der Waals surface area contributed by atoms with Crippen LogP contribution in [0.25, 0.3) is 0 Å². The lowest BCUT2D eigenvalue weighted by molar-refractivity contribution is -0.125. The molecule has 1 aromatic carbocycles. The molecule has 0 saturated heterocycles. The Morgan fingerprint density at radius 3 is 2.70 bits per heavy atom. The topological polar surface area (TPSA) is 38.3 Å². The maximum absolute atomic E-state index is 13.4. The summed E-state index contributed by atoms with van der Waals surface area (Å²) in [6.45, 7) is 1.87. The van der Waals surface area contributed by atoms with Crippen molar-refractivity contribution in [3.63, 3.8) is 0 Å². The number of rotatable bonds is 4. The summed E-state index contributed by atoms with van der Waals surface area (Å²) in [5, 5.41) is 3.00. The van der Waals surface area contributed by atoms with E-state index in [0.717, 1.165) is 24.7 Å². The van der Waals surface area contributed by atoms with Gasteiger partial charge in [0.25, 0.3) is 0 Å².